The van der Waals surface area contributed by atoms with Crippen LogP contribution >= 0.6 is 0 Å². The molecule has 0 N–H and O–H groups in total. The van der Waals surface area contributed by atoms with E-state index in [9.17, 15) is 26.4 Å². The summed E-state index contributed by atoms with van der Waals surface area (Å²) >= 11 is 0. The zero-order valence-electron chi connectivity index (χ0n) is 15.5. The lowest BCUT2D eigenvalue weighted by Gasteiger charge is -2.35. The summed E-state index contributed by atoms with van der Waals surface area (Å²) in [5.41, 5.74) is 0. The Hall–Kier alpha value is -2.59. The van der Waals surface area contributed by atoms with Gasteiger partial charge in [0, 0.05) is 26.2 Å². The number of para-hydroxylation sites is 1. The van der Waals surface area contributed by atoms with E-state index in [0.717, 1.165) is 4.31 Å². The number of carbonyl (C=O) groups is 1. The first-order chi connectivity index (χ1) is 13.7. The lowest BCUT2D eigenvalue weighted by Crippen LogP contribution is -2.53. The molecule has 2 aromatic rings. The number of rotatable bonds is 5. The van der Waals surface area contributed by atoms with Gasteiger partial charge in [0.15, 0.2) is 23.6 Å². The van der Waals surface area contributed by atoms with E-state index in [1.807, 2.05) is 6.07 Å². The van der Waals surface area contributed by atoms with Crippen LogP contribution in [-0.4, -0.2) is 55.8 Å². The fraction of sp³-hybridized carbons (Fsp3) is 0.316. The predicted octanol–water partition coefficient (Wildman–Crippen LogP) is 2.40. The van der Waals surface area contributed by atoms with Crippen LogP contribution in [0.25, 0.3) is 0 Å². The fourth-order valence-corrected chi connectivity index (χ4v) is 4.48. The molecule has 0 spiro atoms. The second-order valence-electron chi connectivity index (χ2n) is 6.48. The van der Waals surface area contributed by atoms with Gasteiger partial charge < -0.3 is 9.64 Å². The lowest BCUT2D eigenvalue weighted by atomic mass is 10.3. The van der Waals surface area contributed by atoms with Gasteiger partial charge in [0.25, 0.3) is 5.91 Å². The molecule has 0 bridgehead atoms. The van der Waals surface area contributed by atoms with Gasteiger partial charge >= 0.3 is 0 Å². The molecule has 0 aliphatic carbocycles. The Bertz CT molecular complexity index is 994. The molecule has 0 radical (unpaired) electrons. The SMILES string of the molecule is CC(Oc1ccccc1)C(=O)N1CCN(S(=O)(=O)c2ccc(F)c(F)c2F)CC1. The van der Waals surface area contributed by atoms with Crippen molar-refractivity contribution in [1.29, 1.82) is 0 Å². The quantitative estimate of drug-likeness (QED) is 0.686. The second kappa shape index (κ2) is 8.42. The largest absolute Gasteiger partial charge is 0.481 e. The van der Waals surface area contributed by atoms with Crippen molar-refractivity contribution >= 4 is 15.9 Å². The van der Waals surface area contributed by atoms with E-state index in [0.29, 0.717) is 17.9 Å². The van der Waals surface area contributed by atoms with Crippen molar-refractivity contribution in [3.63, 3.8) is 0 Å². The summed E-state index contributed by atoms with van der Waals surface area (Å²) in [7, 11) is -4.37. The number of hydrogen-bond donors (Lipinski definition) is 0. The van der Waals surface area contributed by atoms with Crippen molar-refractivity contribution in [1.82, 2.24) is 9.21 Å². The molecule has 3 rings (SSSR count). The van der Waals surface area contributed by atoms with Crippen LogP contribution in [0.3, 0.4) is 0 Å². The maximum atomic E-state index is 13.9. The molecular formula is C19H19F3N2O4S. The smallest absolute Gasteiger partial charge is 0.263 e. The molecule has 10 heteroatoms. The van der Waals surface area contributed by atoms with Crippen LogP contribution in [0.1, 0.15) is 6.92 Å². The first-order valence-electron chi connectivity index (χ1n) is 8.86. The number of nitrogens with zero attached hydrogens (tertiary/aromatic N) is 2. The van der Waals surface area contributed by atoms with E-state index in [4.69, 9.17) is 4.74 Å². The summed E-state index contributed by atoms with van der Waals surface area (Å²) in [4.78, 5) is 13.1. The van der Waals surface area contributed by atoms with Gasteiger partial charge in [-0.15, -0.1) is 0 Å². The molecule has 1 aliphatic heterocycles. The van der Waals surface area contributed by atoms with Gasteiger partial charge in [-0.3, -0.25) is 4.79 Å². The molecule has 29 heavy (non-hydrogen) atoms. The monoisotopic (exact) mass is 428 g/mol. The maximum absolute atomic E-state index is 13.9. The maximum Gasteiger partial charge on any atom is 0.263 e. The average Bonchev–Trinajstić information content (AvgIpc) is 2.72. The third-order valence-electron chi connectivity index (χ3n) is 4.57. The van der Waals surface area contributed by atoms with Crippen molar-refractivity contribution < 1.29 is 31.1 Å². The molecule has 1 fully saturated rings. The molecule has 1 heterocycles. The Labute approximate surface area is 166 Å². The van der Waals surface area contributed by atoms with E-state index in [1.165, 1.54) is 4.90 Å². The standard InChI is InChI=1S/C19H19F3N2O4S/c1-13(28-14-5-3-2-4-6-14)19(25)23-9-11-24(12-10-23)29(26,27)16-8-7-15(20)17(21)18(16)22/h2-8,13H,9-12H2,1H3. The molecule has 0 aromatic heterocycles. The Balaban J connectivity index is 1.65. The van der Waals surface area contributed by atoms with Crippen LogP contribution in [0.4, 0.5) is 13.2 Å². The first-order valence-corrected chi connectivity index (χ1v) is 10.3. The highest BCUT2D eigenvalue weighted by molar-refractivity contribution is 7.89. The number of halogens is 3. The highest BCUT2D eigenvalue weighted by atomic mass is 32.2. The number of benzene rings is 2. The first kappa shape index (κ1) is 21.1. The van der Waals surface area contributed by atoms with Gasteiger partial charge in [0.05, 0.1) is 0 Å². The third kappa shape index (κ3) is 4.38. The average molecular weight is 428 g/mol. The van der Waals surface area contributed by atoms with Crippen LogP contribution in [0.2, 0.25) is 0 Å². The predicted molar refractivity (Wildman–Crippen MR) is 98.2 cm³/mol. The molecule has 2 aromatic carbocycles. The summed E-state index contributed by atoms with van der Waals surface area (Å²) in [6, 6.07) is 10.0. The number of ether oxygens (including phenoxy) is 1. The Morgan fingerprint density at radius 1 is 0.966 bits per heavy atom. The summed E-state index contributed by atoms with van der Waals surface area (Å²) in [6.45, 7) is 1.50. The molecule has 0 saturated carbocycles. The minimum absolute atomic E-state index is 0.0614. The van der Waals surface area contributed by atoms with Crippen molar-refractivity contribution in [3.8, 4) is 5.75 Å². The molecular weight excluding hydrogens is 409 g/mol. The zero-order valence-corrected chi connectivity index (χ0v) is 16.3. The summed E-state index contributed by atoms with van der Waals surface area (Å²) in [5, 5.41) is 0. The van der Waals surface area contributed by atoms with Crippen LogP contribution in [0.15, 0.2) is 47.4 Å². The highest BCUT2D eigenvalue weighted by Gasteiger charge is 2.34. The minimum Gasteiger partial charge on any atom is -0.481 e. The van der Waals surface area contributed by atoms with Crippen LogP contribution in [0, 0.1) is 17.5 Å². The molecule has 1 atom stereocenters. The van der Waals surface area contributed by atoms with Crippen molar-refractivity contribution in [2.45, 2.75) is 17.9 Å². The van der Waals surface area contributed by atoms with Crippen LogP contribution < -0.4 is 4.74 Å². The minimum atomic E-state index is -4.37. The van der Waals surface area contributed by atoms with Gasteiger partial charge in [-0.2, -0.15) is 4.31 Å². The van der Waals surface area contributed by atoms with E-state index in [1.54, 1.807) is 31.2 Å². The molecule has 6 nitrogen and oxygen atoms in total. The van der Waals surface area contributed by atoms with Gasteiger partial charge in [0.2, 0.25) is 10.0 Å². The summed E-state index contributed by atoms with van der Waals surface area (Å²) in [5.74, 6) is -4.85. The Morgan fingerprint density at radius 2 is 1.59 bits per heavy atom. The highest BCUT2D eigenvalue weighted by Crippen LogP contribution is 2.24. The van der Waals surface area contributed by atoms with Crippen LogP contribution in [0.5, 0.6) is 5.75 Å². The number of piperazine rings is 1. The van der Waals surface area contributed by atoms with E-state index in [2.05, 4.69) is 0 Å². The lowest BCUT2D eigenvalue weighted by molar-refractivity contribution is -0.139. The number of sulfonamides is 1. The van der Waals surface area contributed by atoms with E-state index < -0.39 is 38.5 Å². The zero-order chi connectivity index (χ0) is 21.2. The summed E-state index contributed by atoms with van der Waals surface area (Å²) < 4.78 is 72.1. The number of carbonyl (C=O) groups excluding carboxylic acids is 1. The van der Waals surface area contributed by atoms with Gasteiger partial charge in [-0.1, -0.05) is 18.2 Å². The molecule has 1 aliphatic rings. The molecule has 156 valence electrons. The molecule has 1 saturated heterocycles. The van der Waals surface area contributed by atoms with E-state index >= 15 is 0 Å². The fourth-order valence-electron chi connectivity index (χ4n) is 3.01. The van der Waals surface area contributed by atoms with Crippen molar-refractivity contribution in [2.24, 2.45) is 0 Å². The van der Waals surface area contributed by atoms with E-state index in [-0.39, 0.29) is 32.1 Å². The third-order valence-corrected chi connectivity index (χ3v) is 6.49. The van der Waals surface area contributed by atoms with Gasteiger partial charge in [0.1, 0.15) is 10.6 Å². The Morgan fingerprint density at radius 3 is 2.21 bits per heavy atom. The molecule has 1 unspecified atom stereocenters. The topological polar surface area (TPSA) is 66.9 Å². The summed E-state index contributed by atoms with van der Waals surface area (Å²) in [6.07, 6.45) is -0.774. The second-order valence-corrected chi connectivity index (χ2v) is 8.38. The van der Waals surface area contributed by atoms with Crippen molar-refractivity contribution in [3.05, 3.63) is 59.9 Å². The normalized spacial score (nSPS) is 16.5. The van der Waals surface area contributed by atoms with Gasteiger partial charge in [-0.25, -0.2) is 21.6 Å². The molecule has 1 amide bonds. The number of hydrogen-bond acceptors (Lipinski definition) is 4. The number of amides is 1. The van der Waals surface area contributed by atoms with Crippen molar-refractivity contribution in [2.75, 3.05) is 26.2 Å². The van der Waals surface area contributed by atoms with Crippen LogP contribution in [-0.2, 0) is 14.8 Å². The Kier molecular flexibility index (Phi) is 6.13. The van der Waals surface area contributed by atoms with Gasteiger partial charge in [-0.05, 0) is 31.2 Å².